The van der Waals surface area contributed by atoms with Crippen molar-refractivity contribution in [2.45, 2.75) is 26.9 Å². The van der Waals surface area contributed by atoms with Crippen LogP contribution in [0.5, 0.6) is 0 Å². The van der Waals surface area contributed by atoms with Gasteiger partial charge in [0.1, 0.15) is 11.6 Å². The molecule has 0 unspecified atom stereocenters. The lowest BCUT2D eigenvalue weighted by Crippen LogP contribution is -2.23. The first kappa shape index (κ1) is 12.1. The highest BCUT2D eigenvalue weighted by molar-refractivity contribution is 5.25. The van der Waals surface area contributed by atoms with Crippen molar-refractivity contribution in [3.05, 3.63) is 51.7 Å². The van der Waals surface area contributed by atoms with Crippen molar-refractivity contribution in [1.82, 2.24) is 14.3 Å². The monoisotopic (exact) mass is 242 g/mol. The van der Waals surface area contributed by atoms with E-state index in [0.717, 1.165) is 17.9 Å². The number of nitrogens with zero attached hydrogens (tertiary/aromatic N) is 4. The highest BCUT2D eigenvalue weighted by Gasteiger charge is 2.07. The molecule has 0 radical (unpaired) electrons. The Labute approximate surface area is 105 Å². The van der Waals surface area contributed by atoms with Gasteiger partial charge in [0.05, 0.1) is 17.9 Å². The van der Waals surface area contributed by atoms with Crippen LogP contribution in [0.4, 0.5) is 0 Å². The lowest BCUT2D eigenvalue weighted by molar-refractivity contribution is 0.591. The molecule has 5 nitrogen and oxygen atoms in total. The van der Waals surface area contributed by atoms with Crippen molar-refractivity contribution >= 4 is 0 Å². The molecule has 0 aliphatic rings. The Morgan fingerprint density at radius 2 is 2.28 bits per heavy atom. The Morgan fingerprint density at radius 3 is 2.94 bits per heavy atom. The molecule has 18 heavy (non-hydrogen) atoms. The summed E-state index contributed by atoms with van der Waals surface area (Å²) in [5.74, 6) is 0. The van der Waals surface area contributed by atoms with Crippen molar-refractivity contribution in [2.24, 2.45) is 0 Å². The van der Waals surface area contributed by atoms with E-state index in [1.54, 1.807) is 12.3 Å². The fraction of sp³-hybridized carbons (Fsp3) is 0.308. The summed E-state index contributed by atoms with van der Waals surface area (Å²) >= 11 is 0. The summed E-state index contributed by atoms with van der Waals surface area (Å²) in [4.78, 5) is 11.9. The molecule has 0 saturated carbocycles. The van der Waals surface area contributed by atoms with Gasteiger partial charge in [0, 0.05) is 12.7 Å². The molecule has 2 aromatic heterocycles. The largest absolute Gasteiger partial charge is 0.308 e. The second-order valence-electron chi connectivity index (χ2n) is 4.06. The van der Waals surface area contributed by atoms with Gasteiger partial charge in [-0.15, -0.1) is 0 Å². The van der Waals surface area contributed by atoms with Crippen LogP contribution < -0.4 is 5.56 Å². The average molecular weight is 242 g/mol. The maximum Gasteiger partial charge on any atom is 0.268 e. The quantitative estimate of drug-likeness (QED) is 0.814. The summed E-state index contributed by atoms with van der Waals surface area (Å²) in [6.45, 7) is 5.12. The van der Waals surface area contributed by atoms with Crippen LogP contribution in [0.1, 0.15) is 23.9 Å². The maximum absolute atomic E-state index is 11.9. The van der Waals surface area contributed by atoms with E-state index in [-0.39, 0.29) is 11.1 Å². The number of aryl methyl sites for hydroxylation is 2. The van der Waals surface area contributed by atoms with Gasteiger partial charge in [0.15, 0.2) is 0 Å². The minimum absolute atomic E-state index is 0.164. The second-order valence-corrected chi connectivity index (χ2v) is 4.06. The van der Waals surface area contributed by atoms with Crippen LogP contribution in [0.2, 0.25) is 0 Å². The van der Waals surface area contributed by atoms with Crippen LogP contribution in [0.25, 0.3) is 0 Å². The van der Waals surface area contributed by atoms with E-state index in [1.165, 1.54) is 10.6 Å². The second kappa shape index (κ2) is 4.88. The normalized spacial score (nSPS) is 10.3. The van der Waals surface area contributed by atoms with Gasteiger partial charge in [-0.05, 0) is 32.0 Å². The van der Waals surface area contributed by atoms with E-state index in [4.69, 9.17) is 5.26 Å². The zero-order valence-electron chi connectivity index (χ0n) is 10.4. The van der Waals surface area contributed by atoms with E-state index >= 15 is 0 Å². The van der Waals surface area contributed by atoms with Crippen molar-refractivity contribution in [3.8, 4) is 6.07 Å². The molecule has 5 heteroatoms. The van der Waals surface area contributed by atoms with Gasteiger partial charge in [-0.2, -0.15) is 10.4 Å². The minimum atomic E-state index is -0.262. The van der Waals surface area contributed by atoms with E-state index in [0.29, 0.717) is 6.54 Å². The van der Waals surface area contributed by atoms with Crippen LogP contribution in [-0.4, -0.2) is 14.3 Å². The summed E-state index contributed by atoms with van der Waals surface area (Å²) in [5, 5.41) is 13.2. The van der Waals surface area contributed by atoms with Crippen LogP contribution in [0.15, 0.2) is 29.2 Å². The topological polar surface area (TPSA) is 63.6 Å². The standard InChI is InChI=1S/C13H14N4O/c1-3-17-12(7-10(2)15-17)9-16-6-4-5-11(8-14)13(16)18/h4-7H,3,9H2,1-2H3. The number of pyridine rings is 1. The third-order valence-electron chi connectivity index (χ3n) is 2.76. The van der Waals surface area contributed by atoms with Crippen molar-refractivity contribution in [3.63, 3.8) is 0 Å². The third kappa shape index (κ3) is 2.18. The number of hydrogen-bond donors (Lipinski definition) is 0. The van der Waals surface area contributed by atoms with Crippen LogP contribution >= 0.6 is 0 Å². The molecule has 0 amide bonds. The fourth-order valence-electron chi connectivity index (χ4n) is 1.92. The molecule has 0 bridgehead atoms. The van der Waals surface area contributed by atoms with E-state index in [2.05, 4.69) is 5.10 Å². The Kier molecular flexibility index (Phi) is 3.28. The minimum Gasteiger partial charge on any atom is -0.308 e. The Morgan fingerprint density at radius 1 is 1.50 bits per heavy atom. The molecule has 0 aliphatic carbocycles. The van der Waals surface area contributed by atoms with Gasteiger partial charge < -0.3 is 4.57 Å². The molecule has 0 spiro atoms. The van der Waals surface area contributed by atoms with E-state index in [1.807, 2.05) is 30.7 Å². The number of rotatable bonds is 3. The summed E-state index contributed by atoms with van der Waals surface area (Å²) in [5.41, 5.74) is 1.79. The van der Waals surface area contributed by atoms with Crippen molar-refractivity contribution < 1.29 is 0 Å². The Bertz CT molecular complexity index is 660. The zero-order chi connectivity index (χ0) is 13.1. The molecule has 0 aliphatic heterocycles. The van der Waals surface area contributed by atoms with Crippen molar-refractivity contribution in [1.29, 1.82) is 5.26 Å². The summed E-state index contributed by atoms with van der Waals surface area (Å²) in [6.07, 6.45) is 1.69. The summed E-state index contributed by atoms with van der Waals surface area (Å²) in [7, 11) is 0. The molecule has 0 N–H and O–H groups in total. The first-order chi connectivity index (χ1) is 8.65. The van der Waals surface area contributed by atoms with Crippen LogP contribution in [0.3, 0.4) is 0 Å². The van der Waals surface area contributed by atoms with E-state index in [9.17, 15) is 4.79 Å². The van der Waals surface area contributed by atoms with Crippen LogP contribution in [-0.2, 0) is 13.1 Å². The van der Waals surface area contributed by atoms with Gasteiger partial charge in [0.25, 0.3) is 5.56 Å². The zero-order valence-corrected chi connectivity index (χ0v) is 10.4. The molecule has 0 saturated heterocycles. The lowest BCUT2D eigenvalue weighted by Gasteiger charge is -2.07. The summed E-state index contributed by atoms with van der Waals surface area (Å²) < 4.78 is 3.39. The van der Waals surface area contributed by atoms with Crippen molar-refractivity contribution in [2.75, 3.05) is 0 Å². The third-order valence-corrected chi connectivity index (χ3v) is 2.76. The average Bonchev–Trinajstić information content (AvgIpc) is 2.72. The molecular weight excluding hydrogens is 228 g/mol. The number of nitriles is 1. The Balaban J connectivity index is 2.41. The van der Waals surface area contributed by atoms with Gasteiger partial charge in [-0.25, -0.2) is 0 Å². The molecule has 0 fully saturated rings. The molecular formula is C13H14N4O. The lowest BCUT2D eigenvalue weighted by atomic mass is 10.3. The first-order valence-electron chi connectivity index (χ1n) is 5.78. The van der Waals surface area contributed by atoms with Gasteiger partial charge in [0.2, 0.25) is 0 Å². The fourth-order valence-corrected chi connectivity index (χ4v) is 1.92. The van der Waals surface area contributed by atoms with E-state index < -0.39 is 0 Å². The molecule has 0 atom stereocenters. The molecule has 2 aromatic rings. The summed E-state index contributed by atoms with van der Waals surface area (Å²) in [6, 6.07) is 7.09. The predicted octanol–water partition coefficient (Wildman–Crippen LogP) is 1.29. The van der Waals surface area contributed by atoms with Crippen LogP contribution in [0, 0.1) is 18.3 Å². The van der Waals surface area contributed by atoms with Gasteiger partial charge >= 0.3 is 0 Å². The maximum atomic E-state index is 11.9. The number of aromatic nitrogens is 3. The predicted molar refractivity (Wildman–Crippen MR) is 67.2 cm³/mol. The molecule has 0 aromatic carbocycles. The van der Waals surface area contributed by atoms with Gasteiger partial charge in [-0.3, -0.25) is 9.48 Å². The molecule has 92 valence electrons. The molecule has 2 rings (SSSR count). The molecule has 2 heterocycles. The van der Waals surface area contributed by atoms with Gasteiger partial charge in [-0.1, -0.05) is 0 Å². The smallest absolute Gasteiger partial charge is 0.268 e. The highest BCUT2D eigenvalue weighted by Crippen LogP contribution is 2.05. The highest BCUT2D eigenvalue weighted by atomic mass is 16.1. The number of hydrogen-bond acceptors (Lipinski definition) is 3. The SMILES string of the molecule is CCn1nc(C)cc1Cn1cccc(C#N)c1=O. The Hall–Kier alpha value is -2.35. The first-order valence-corrected chi connectivity index (χ1v) is 5.78.